The Labute approximate surface area is 172 Å². The third kappa shape index (κ3) is 4.00. The predicted molar refractivity (Wildman–Crippen MR) is 113 cm³/mol. The molecule has 0 fully saturated rings. The van der Waals surface area contributed by atoms with Crippen LogP contribution >= 0.6 is 0 Å². The molecule has 0 bridgehead atoms. The Balaban J connectivity index is 1.44. The highest BCUT2D eigenvalue weighted by atomic mass is 16.5. The normalized spacial score (nSPS) is 11.8. The molecule has 3 aromatic carbocycles. The summed E-state index contributed by atoms with van der Waals surface area (Å²) in [5.74, 6) is -1.70. The lowest BCUT2D eigenvalue weighted by Gasteiger charge is -2.13. The van der Waals surface area contributed by atoms with Crippen LogP contribution in [0.15, 0.2) is 79.0 Å². The highest BCUT2D eigenvalue weighted by Gasteiger charge is 2.24. The van der Waals surface area contributed by atoms with Crippen LogP contribution in [0.3, 0.4) is 0 Å². The van der Waals surface area contributed by atoms with Crippen molar-refractivity contribution in [3.05, 3.63) is 84.7 Å². The Morgan fingerprint density at radius 3 is 2.47 bits per heavy atom. The second-order valence-corrected chi connectivity index (χ2v) is 6.74. The summed E-state index contributed by atoms with van der Waals surface area (Å²) in [6.45, 7) is 1.46. The number of aromatic hydroxyl groups is 1. The van der Waals surface area contributed by atoms with Gasteiger partial charge in [0.05, 0.1) is 11.9 Å². The van der Waals surface area contributed by atoms with Crippen LogP contribution in [0.1, 0.15) is 17.4 Å². The number of esters is 1. The van der Waals surface area contributed by atoms with Crippen molar-refractivity contribution in [1.82, 2.24) is 9.78 Å². The Morgan fingerprint density at radius 2 is 1.70 bits per heavy atom. The maximum atomic E-state index is 12.5. The van der Waals surface area contributed by atoms with Gasteiger partial charge in [-0.15, -0.1) is 0 Å². The number of ether oxygens (including phenoxy) is 1. The molecular weight excluding hydrogens is 382 g/mol. The summed E-state index contributed by atoms with van der Waals surface area (Å²) in [4.78, 5) is 24.9. The van der Waals surface area contributed by atoms with Crippen LogP contribution in [0, 0.1) is 0 Å². The van der Waals surface area contributed by atoms with E-state index in [0.717, 1.165) is 10.8 Å². The summed E-state index contributed by atoms with van der Waals surface area (Å²) in [5, 5.41) is 18.9. The van der Waals surface area contributed by atoms with Crippen LogP contribution in [0.4, 0.5) is 5.69 Å². The number of para-hydroxylation sites is 1. The van der Waals surface area contributed by atoms with Gasteiger partial charge in [-0.1, -0.05) is 48.5 Å². The molecule has 2 N–H and O–H groups in total. The van der Waals surface area contributed by atoms with Gasteiger partial charge >= 0.3 is 5.97 Å². The van der Waals surface area contributed by atoms with E-state index in [4.69, 9.17) is 4.74 Å². The van der Waals surface area contributed by atoms with Gasteiger partial charge in [0.25, 0.3) is 5.91 Å². The van der Waals surface area contributed by atoms with Gasteiger partial charge in [0.1, 0.15) is 0 Å². The quantitative estimate of drug-likeness (QED) is 0.495. The molecule has 150 valence electrons. The lowest BCUT2D eigenvalue weighted by Crippen LogP contribution is -2.30. The molecule has 1 heterocycles. The number of aromatic nitrogens is 2. The van der Waals surface area contributed by atoms with Crippen LogP contribution < -0.4 is 5.32 Å². The summed E-state index contributed by atoms with van der Waals surface area (Å²) < 4.78 is 6.57. The number of carbonyl (C=O) groups excluding carboxylic acids is 2. The van der Waals surface area contributed by atoms with Crippen LogP contribution in [0.2, 0.25) is 0 Å². The maximum absolute atomic E-state index is 12.5. The average molecular weight is 401 g/mol. The van der Waals surface area contributed by atoms with Crippen molar-refractivity contribution in [2.45, 2.75) is 13.0 Å². The summed E-state index contributed by atoms with van der Waals surface area (Å²) >= 11 is 0. The first-order valence-electron chi connectivity index (χ1n) is 9.36. The number of rotatable bonds is 5. The number of anilines is 1. The molecule has 4 aromatic rings. The van der Waals surface area contributed by atoms with Crippen LogP contribution in [-0.2, 0) is 9.53 Å². The van der Waals surface area contributed by atoms with Gasteiger partial charge in [-0.2, -0.15) is 5.10 Å². The van der Waals surface area contributed by atoms with Crippen molar-refractivity contribution >= 4 is 28.3 Å². The topological polar surface area (TPSA) is 93.4 Å². The van der Waals surface area contributed by atoms with Gasteiger partial charge in [0, 0.05) is 5.69 Å². The van der Waals surface area contributed by atoms with Gasteiger partial charge < -0.3 is 15.2 Å². The maximum Gasteiger partial charge on any atom is 0.363 e. The molecule has 0 aliphatic heterocycles. The predicted octanol–water partition coefficient (Wildman–Crippen LogP) is 3.92. The fourth-order valence-electron chi connectivity index (χ4n) is 3.00. The van der Waals surface area contributed by atoms with Crippen LogP contribution in [-0.4, -0.2) is 32.9 Å². The number of nitrogens with zero attached hydrogens (tertiary/aromatic N) is 2. The highest BCUT2D eigenvalue weighted by Crippen LogP contribution is 2.21. The molecule has 30 heavy (non-hydrogen) atoms. The molecule has 0 aliphatic rings. The minimum absolute atomic E-state index is 0.260. The van der Waals surface area contributed by atoms with E-state index in [0.29, 0.717) is 11.4 Å². The lowest BCUT2D eigenvalue weighted by molar-refractivity contribution is -0.123. The standard InChI is InChI=1S/C23H19N3O4/c1-15(22(28)24-18-12-11-16-7-5-6-8-17(16)13-18)30-23(29)21-20(27)14-26(25-21)19-9-3-2-4-10-19/h2-15,27H,1H3,(H,24,28)/t15-/m1/s1. The smallest absolute Gasteiger partial charge is 0.363 e. The number of fused-ring (bicyclic) bond motifs is 1. The van der Waals surface area contributed by atoms with E-state index in [9.17, 15) is 14.7 Å². The Bertz CT molecular complexity index is 1220. The number of hydrogen-bond acceptors (Lipinski definition) is 5. The zero-order valence-corrected chi connectivity index (χ0v) is 16.1. The zero-order valence-electron chi connectivity index (χ0n) is 16.1. The lowest BCUT2D eigenvalue weighted by atomic mass is 10.1. The third-order valence-corrected chi connectivity index (χ3v) is 4.58. The first-order chi connectivity index (χ1) is 14.5. The minimum atomic E-state index is -1.08. The molecule has 7 nitrogen and oxygen atoms in total. The summed E-state index contributed by atoms with van der Waals surface area (Å²) in [5.41, 5.74) is 1.01. The second kappa shape index (κ2) is 8.08. The molecule has 1 aromatic heterocycles. The number of nitrogens with one attached hydrogen (secondary N) is 1. The van der Waals surface area contributed by atoms with Gasteiger partial charge in [-0.3, -0.25) is 4.79 Å². The van der Waals surface area contributed by atoms with Crippen molar-refractivity contribution in [2.24, 2.45) is 0 Å². The van der Waals surface area contributed by atoms with E-state index in [1.807, 2.05) is 54.6 Å². The van der Waals surface area contributed by atoms with Crippen molar-refractivity contribution in [3.8, 4) is 11.4 Å². The van der Waals surface area contributed by atoms with Crippen LogP contribution in [0.5, 0.6) is 5.75 Å². The van der Waals surface area contributed by atoms with E-state index in [1.165, 1.54) is 17.8 Å². The van der Waals surface area contributed by atoms with Crippen molar-refractivity contribution in [1.29, 1.82) is 0 Å². The van der Waals surface area contributed by atoms with Gasteiger partial charge in [0.2, 0.25) is 5.69 Å². The van der Waals surface area contributed by atoms with E-state index < -0.39 is 18.0 Å². The SMILES string of the molecule is C[C@@H](OC(=O)c1nn(-c2ccccc2)cc1O)C(=O)Nc1ccc2ccccc2c1. The number of amides is 1. The summed E-state index contributed by atoms with van der Waals surface area (Å²) in [6, 6.07) is 22.3. The third-order valence-electron chi connectivity index (χ3n) is 4.58. The minimum Gasteiger partial charge on any atom is -0.504 e. The monoisotopic (exact) mass is 401 g/mol. The van der Waals surface area contributed by atoms with Crippen molar-refractivity contribution in [2.75, 3.05) is 5.32 Å². The largest absolute Gasteiger partial charge is 0.504 e. The van der Waals surface area contributed by atoms with Gasteiger partial charge in [-0.25, -0.2) is 9.48 Å². The van der Waals surface area contributed by atoms with Gasteiger partial charge in [0.15, 0.2) is 11.9 Å². The molecule has 0 spiro atoms. The van der Waals surface area contributed by atoms with E-state index in [1.54, 1.807) is 18.2 Å². The highest BCUT2D eigenvalue weighted by molar-refractivity contribution is 5.99. The average Bonchev–Trinajstić information content (AvgIpc) is 3.16. The van der Waals surface area contributed by atoms with E-state index >= 15 is 0 Å². The second-order valence-electron chi connectivity index (χ2n) is 6.74. The number of benzene rings is 3. The molecule has 4 rings (SSSR count). The van der Waals surface area contributed by atoms with Crippen LogP contribution in [0.25, 0.3) is 16.5 Å². The Morgan fingerprint density at radius 1 is 1.00 bits per heavy atom. The first kappa shape index (κ1) is 19.2. The molecule has 1 amide bonds. The summed E-state index contributed by atoms with van der Waals surface area (Å²) in [7, 11) is 0. The molecule has 0 radical (unpaired) electrons. The molecule has 0 saturated heterocycles. The zero-order chi connectivity index (χ0) is 21.1. The molecule has 0 unspecified atom stereocenters. The first-order valence-corrected chi connectivity index (χ1v) is 9.36. The summed E-state index contributed by atoms with van der Waals surface area (Å²) in [6.07, 6.45) is 0.233. The molecule has 0 aliphatic carbocycles. The number of carbonyl (C=O) groups is 2. The fraction of sp³-hybridized carbons (Fsp3) is 0.0870. The number of hydrogen-bond donors (Lipinski definition) is 2. The molecular formula is C23H19N3O4. The molecule has 0 saturated carbocycles. The Kier molecular flexibility index (Phi) is 5.17. The molecule has 1 atom stereocenters. The molecule has 7 heteroatoms. The van der Waals surface area contributed by atoms with Gasteiger partial charge in [-0.05, 0) is 42.0 Å². The van der Waals surface area contributed by atoms with Crippen molar-refractivity contribution in [3.63, 3.8) is 0 Å². The van der Waals surface area contributed by atoms with E-state index in [-0.39, 0.29) is 11.4 Å². The van der Waals surface area contributed by atoms with Crippen molar-refractivity contribution < 1.29 is 19.4 Å². The van der Waals surface area contributed by atoms with E-state index in [2.05, 4.69) is 10.4 Å². The Hall–Kier alpha value is -4.13. The fourth-order valence-corrected chi connectivity index (χ4v) is 3.00.